The van der Waals surface area contributed by atoms with Crippen molar-refractivity contribution in [2.24, 2.45) is 0 Å². The third kappa shape index (κ3) is 4.33. The molecule has 108 valence electrons. The molecule has 4 nitrogen and oxygen atoms in total. The average Bonchev–Trinajstić information content (AvgIpc) is 2.48. The zero-order valence-electron chi connectivity index (χ0n) is 11.5. The Morgan fingerprint density at radius 3 is 2.38 bits per heavy atom. The van der Waals surface area contributed by atoms with Gasteiger partial charge in [-0.15, -0.1) is 0 Å². The molecule has 2 rings (SSSR count). The first-order valence-corrected chi connectivity index (χ1v) is 6.86. The van der Waals surface area contributed by atoms with Crippen LogP contribution in [0.1, 0.15) is 18.5 Å². The van der Waals surface area contributed by atoms with Crippen molar-refractivity contribution >= 4 is 29.1 Å². The average molecular weight is 303 g/mol. The number of nitrogens with one attached hydrogen (secondary N) is 2. The van der Waals surface area contributed by atoms with Gasteiger partial charge in [0.05, 0.1) is 6.04 Å². The van der Waals surface area contributed by atoms with Crippen molar-refractivity contribution in [2.45, 2.75) is 13.0 Å². The van der Waals surface area contributed by atoms with Crippen LogP contribution in [0.5, 0.6) is 0 Å². The molecule has 0 aliphatic heterocycles. The quantitative estimate of drug-likeness (QED) is 0.856. The first-order chi connectivity index (χ1) is 10.1. The number of carbonyl (C=O) groups excluding carboxylic acids is 2. The van der Waals surface area contributed by atoms with Gasteiger partial charge in [-0.2, -0.15) is 0 Å². The number of hydrogen-bond acceptors (Lipinski definition) is 2. The topological polar surface area (TPSA) is 58.2 Å². The third-order valence-corrected chi connectivity index (χ3v) is 3.17. The lowest BCUT2D eigenvalue weighted by Gasteiger charge is -2.14. The van der Waals surface area contributed by atoms with Gasteiger partial charge in [0.25, 0.3) is 0 Å². The molecule has 0 aromatic heterocycles. The summed E-state index contributed by atoms with van der Waals surface area (Å²) in [6.07, 6.45) is 0. The van der Waals surface area contributed by atoms with E-state index in [2.05, 4.69) is 10.6 Å². The Morgan fingerprint density at radius 1 is 1.00 bits per heavy atom. The molecule has 0 heterocycles. The number of rotatable bonds is 3. The zero-order valence-corrected chi connectivity index (χ0v) is 12.2. The molecule has 0 radical (unpaired) electrons. The van der Waals surface area contributed by atoms with Gasteiger partial charge in [0, 0.05) is 10.7 Å². The van der Waals surface area contributed by atoms with Crippen LogP contribution < -0.4 is 10.6 Å². The van der Waals surface area contributed by atoms with E-state index >= 15 is 0 Å². The molecule has 5 heteroatoms. The highest BCUT2D eigenvalue weighted by atomic mass is 35.5. The molecular formula is C16H15ClN2O2. The van der Waals surface area contributed by atoms with Crippen LogP contribution in [0.4, 0.5) is 5.69 Å². The molecule has 0 aliphatic rings. The Labute approximate surface area is 128 Å². The van der Waals surface area contributed by atoms with Gasteiger partial charge in [0.15, 0.2) is 0 Å². The number of anilines is 1. The molecule has 0 saturated carbocycles. The molecule has 0 spiro atoms. The lowest BCUT2D eigenvalue weighted by molar-refractivity contribution is -0.136. The van der Waals surface area contributed by atoms with Crippen molar-refractivity contribution in [3.8, 4) is 0 Å². The summed E-state index contributed by atoms with van der Waals surface area (Å²) in [5.74, 6) is -1.41. The first kappa shape index (κ1) is 15.1. The molecule has 0 bridgehead atoms. The lowest BCUT2D eigenvalue weighted by Crippen LogP contribution is -2.36. The van der Waals surface area contributed by atoms with Gasteiger partial charge in [-0.25, -0.2) is 0 Å². The third-order valence-electron chi connectivity index (χ3n) is 2.94. The second-order valence-corrected chi connectivity index (χ2v) is 5.01. The highest BCUT2D eigenvalue weighted by Crippen LogP contribution is 2.15. The number of benzene rings is 2. The van der Waals surface area contributed by atoms with Crippen LogP contribution >= 0.6 is 11.6 Å². The molecule has 21 heavy (non-hydrogen) atoms. The Kier molecular flexibility index (Phi) is 4.95. The SMILES string of the molecule is C[C@@H](NC(=O)C(=O)Nc1cccc(Cl)c1)c1ccccc1. The fraction of sp³-hybridized carbons (Fsp3) is 0.125. The van der Waals surface area contributed by atoms with Gasteiger partial charge in [-0.1, -0.05) is 48.0 Å². The summed E-state index contributed by atoms with van der Waals surface area (Å²) in [6, 6.07) is 15.8. The van der Waals surface area contributed by atoms with E-state index in [9.17, 15) is 9.59 Å². The van der Waals surface area contributed by atoms with Crippen LogP contribution in [0.25, 0.3) is 0 Å². The van der Waals surface area contributed by atoms with Crippen LogP contribution in [0.2, 0.25) is 5.02 Å². The first-order valence-electron chi connectivity index (χ1n) is 6.48. The summed E-state index contributed by atoms with van der Waals surface area (Å²) >= 11 is 5.82. The molecule has 1 atom stereocenters. The molecule has 2 amide bonds. The molecule has 0 fully saturated rings. The van der Waals surface area contributed by atoms with Crippen LogP contribution in [-0.2, 0) is 9.59 Å². The minimum Gasteiger partial charge on any atom is -0.341 e. The van der Waals surface area contributed by atoms with E-state index in [1.165, 1.54) is 0 Å². The van der Waals surface area contributed by atoms with Gasteiger partial charge in [-0.3, -0.25) is 9.59 Å². The molecular weight excluding hydrogens is 288 g/mol. The van der Waals surface area contributed by atoms with Gasteiger partial charge in [-0.05, 0) is 30.7 Å². The van der Waals surface area contributed by atoms with Gasteiger partial charge < -0.3 is 10.6 Å². The summed E-state index contributed by atoms with van der Waals surface area (Å²) < 4.78 is 0. The smallest absolute Gasteiger partial charge is 0.313 e. The van der Waals surface area contributed by atoms with Crippen molar-refractivity contribution in [1.29, 1.82) is 0 Å². The monoisotopic (exact) mass is 302 g/mol. The summed E-state index contributed by atoms with van der Waals surface area (Å²) in [6.45, 7) is 1.82. The van der Waals surface area contributed by atoms with Crippen molar-refractivity contribution < 1.29 is 9.59 Å². The van der Waals surface area contributed by atoms with Crippen LogP contribution in [0.15, 0.2) is 54.6 Å². The Bertz CT molecular complexity index is 644. The van der Waals surface area contributed by atoms with E-state index in [0.717, 1.165) is 5.56 Å². The summed E-state index contributed by atoms with van der Waals surface area (Å²) in [5.41, 5.74) is 1.41. The van der Waals surface area contributed by atoms with Gasteiger partial charge in [0.2, 0.25) is 0 Å². The van der Waals surface area contributed by atoms with Crippen LogP contribution in [0, 0.1) is 0 Å². The predicted molar refractivity (Wildman–Crippen MR) is 83.1 cm³/mol. The van der Waals surface area contributed by atoms with Gasteiger partial charge >= 0.3 is 11.8 Å². The summed E-state index contributed by atoms with van der Waals surface area (Å²) in [4.78, 5) is 23.7. The fourth-order valence-electron chi connectivity index (χ4n) is 1.84. The minimum absolute atomic E-state index is 0.246. The van der Waals surface area contributed by atoms with Gasteiger partial charge in [0.1, 0.15) is 0 Å². The minimum atomic E-state index is -0.722. The maximum atomic E-state index is 11.9. The molecule has 2 aromatic rings. The van der Waals surface area contributed by atoms with E-state index in [-0.39, 0.29) is 6.04 Å². The maximum absolute atomic E-state index is 11.9. The number of halogens is 1. The van der Waals surface area contributed by atoms with Crippen molar-refractivity contribution in [1.82, 2.24) is 5.32 Å². The van der Waals surface area contributed by atoms with E-state index in [1.807, 2.05) is 37.3 Å². The van der Waals surface area contributed by atoms with Crippen LogP contribution in [0.3, 0.4) is 0 Å². The lowest BCUT2D eigenvalue weighted by atomic mass is 10.1. The van der Waals surface area contributed by atoms with E-state index in [1.54, 1.807) is 24.3 Å². The summed E-state index contributed by atoms with van der Waals surface area (Å²) in [5, 5.41) is 5.64. The number of carbonyl (C=O) groups is 2. The van der Waals surface area contributed by atoms with Crippen molar-refractivity contribution in [3.63, 3.8) is 0 Å². The van der Waals surface area contributed by atoms with E-state index in [4.69, 9.17) is 11.6 Å². The largest absolute Gasteiger partial charge is 0.341 e. The van der Waals surface area contributed by atoms with Crippen molar-refractivity contribution in [2.75, 3.05) is 5.32 Å². The predicted octanol–water partition coefficient (Wildman–Crippen LogP) is 3.16. The van der Waals surface area contributed by atoms with E-state index < -0.39 is 11.8 Å². The normalized spacial score (nSPS) is 11.5. The van der Waals surface area contributed by atoms with Crippen LogP contribution in [-0.4, -0.2) is 11.8 Å². The second kappa shape index (κ2) is 6.90. The Balaban J connectivity index is 1.95. The maximum Gasteiger partial charge on any atom is 0.313 e. The van der Waals surface area contributed by atoms with Crippen molar-refractivity contribution in [3.05, 3.63) is 65.2 Å². The number of hydrogen-bond donors (Lipinski definition) is 2. The molecule has 2 aromatic carbocycles. The molecule has 0 unspecified atom stereocenters. The standard InChI is InChI=1S/C16H15ClN2O2/c1-11(12-6-3-2-4-7-12)18-15(20)16(21)19-14-9-5-8-13(17)10-14/h2-11H,1H3,(H,18,20)(H,19,21)/t11-/m1/s1. The molecule has 0 aliphatic carbocycles. The zero-order chi connectivity index (χ0) is 15.2. The Hall–Kier alpha value is -2.33. The Morgan fingerprint density at radius 2 is 1.71 bits per heavy atom. The molecule has 0 saturated heterocycles. The highest BCUT2D eigenvalue weighted by molar-refractivity contribution is 6.40. The highest BCUT2D eigenvalue weighted by Gasteiger charge is 2.17. The summed E-state index contributed by atoms with van der Waals surface area (Å²) in [7, 11) is 0. The fourth-order valence-corrected chi connectivity index (χ4v) is 2.03. The second-order valence-electron chi connectivity index (χ2n) is 4.57. The number of amides is 2. The molecule has 2 N–H and O–H groups in total. The van der Waals surface area contributed by atoms with E-state index in [0.29, 0.717) is 10.7 Å².